The van der Waals surface area contributed by atoms with Crippen molar-refractivity contribution in [1.82, 2.24) is 4.57 Å². The topological polar surface area (TPSA) is 71.3 Å². The number of aryl methyl sites for hydroxylation is 1. The molecular formula is C13H11ClN2O3. The molecule has 2 N–H and O–H groups in total. The van der Waals surface area contributed by atoms with Gasteiger partial charge in [0.15, 0.2) is 0 Å². The van der Waals surface area contributed by atoms with Gasteiger partial charge in [0, 0.05) is 18.9 Å². The van der Waals surface area contributed by atoms with Crippen LogP contribution >= 0.6 is 11.6 Å². The highest BCUT2D eigenvalue weighted by atomic mass is 35.5. The van der Waals surface area contributed by atoms with Crippen LogP contribution in [0.2, 0.25) is 5.02 Å². The molecule has 0 aliphatic heterocycles. The molecule has 0 bridgehead atoms. The Morgan fingerprint density at radius 3 is 2.37 bits per heavy atom. The monoisotopic (exact) mass is 278 g/mol. The van der Waals surface area contributed by atoms with Crippen molar-refractivity contribution in [3.8, 4) is 0 Å². The van der Waals surface area contributed by atoms with Gasteiger partial charge in [-0.15, -0.1) is 0 Å². The van der Waals surface area contributed by atoms with Crippen molar-refractivity contribution in [1.29, 1.82) is 0 Å². The zero-order chi connectivity index (χ0) is 14.0. The summed E-state index contributed by atoms with van der Waals surface area (Å²) in [5, 5.41) is 11.9. The Balaban J connectivity index is 2.15. The Kier molecular flexibility index (Phi) is 3.57. The third-order valence-electron chi connectivity index (χ3n) is 2.59. The number of anilines is 1. The highest BCUT2D eigenvalue weighted by Crippen LogP contribution is 2.15. The summed E-state index contributed by atoms with van der Waals surface area (Å²) < 4.78 is 1.61. The normalized spacial score (nSPS) is 10.2. The molecule has 2 rings (SSSR count). The van der Waals surface area contributed by atoms with Crippen molar-refractivity contribution >= 4 is 29.2 Å². The first kappa shape index (κ1) is 13.2. The summed E-state index contributed by atoms with van der Waals surface area (Å²) in [5.74, 6) is -1.32. The first-order valence-electron chi connectivity index (χ1n) is 5.44. The lowest BCUT2D eigenvalue weighted by atomic mass is 10.2. The Hall–Kier alpha value is -2.27. The van der Waals surface area contributed by atoms with Crippen molar-refractivity contribution in [3.05, 3.63) is 52.8 Å². The number of hydrogen-bond acceptors (Lipinski definition) is 2. The molecule has 2 aromatic rings. The van der Waals surface area contributed by atoms with Gasteiger partial charge in [0.05, 0.1) is 10.6 Å². The second-order valence-corrected chi connectivity index (χ2v) is 4.43. The number of benzene rings is 1. The first-order chi connectivity index (χ1) is 8.97. The van der Waals surface area contributed by atoms with Gasteiger partial charge in [-0.1, -0.05) is 11.6 Å². The molecule has 1 aromatic carbocycles. The summed E-state index contributed by atoms with van der Waals surface area (Å²) in [6.07, 6.45) is 1.63. The Morgan fingerprint density at radius 1 is 1.26 bits per heavy atom. The molecule has 0 aliphatic carbocycles. The molecule has 19 heavy (non-hydrogen) atoms. The lowest BCUT2D eigenvalue weighted by molar-refractivity contribution is 0.0696. The van der Waals surface area contributed by atoms with Crippen LogP contribution in [0.1, 0.15) is 20.8 Å². The number of carbonyl (C=O) groups excluding carboxylic acids is 1. The van der Waals surface area contributed by atoms with Crippen molar-refractivity contribution in [2.24, 2.45) is 7.05 Å². The Morgan fingerprint density at radius 2 is 1.89 bits per heavy atom. The molecule has 0 radical (unpaired) electrons. The molecule has 0 unspecified atom stereocenters. The van der Waals surface area contributed by atoms with Gasteiger partial charge in [-0.2, -0.15) is 0 Å². The quantitative estimate of drug-likeness (QED) is 0.906. The third kappa shape index (κ3) is 2.95. The van der Waals surface area contributed by atoms with Crippen LogP contribution in [0.15, 0.2) is 36.5 Å². The predicted octanol–water partition coefficient (Wildman–Crippen LogP) is 2.63. The number of nitrogens with zero attached hydrogens (tertiary/aromatic N) is 1. The smallest absolute Gasteiger partial charge is 0.335 e. The van der Waals surface area contributed by atoms with Gasteiger partial charge in [0.2, 0.25) is 0 Å². The van der Waals surface area contributed by atoms with Crippen LogP contribution in [-0.4, -0.2) is 21.6 Å². The molecular weight excluding hydrogens is 268 g/mol. The van der Waals surface area contributed by atoms with E-state index in [-0.39, 0.29) is 11.5 Å². The van der Waals surface area contributed by atoms with E-state index >= 15 is 0 Å². The van der Waals surface area contributed by atoms with Gasteiger partial charge in [-0.25, -0.2) is 4.79 Å². The van der Waals surface area contributed by atoms with Crippen LogP contribution in [0, 0.1) is 0 Å². The molecule has 1 aromatic heterocycles. The Bertz CT molecular complexity index is 632. The number of halogens is 1. The molecule has 0 spiro atoms. The molecule has 98 valence electrons. The van der Waals surface area contributed by atoms with Crippen LogP contribution < -0.4 is 5.32 Å². The lowest BCUT2D eigenvalue weighted by Gasteiger charge is -2.06. The van der Waals surface area contributed by atoms with Crippen LogP contribution in [0.3, 0.4) is 0 Å². The number of aromatic carboxylic acids is 1. The van der Waals surface area contributed by atoms with Crippen molar-refractivity contribution < 1.29 is 14.7 Å². The van der Waals surface area contributed by atoms with E-state index < -0.39 is 5.97 Å². The van der Waals surface area contributed by atoms with Crippen molar-refractivity contribution in [3.63, 3.8) is 0 Å². The summed E-state index contributed by atoms with van der Waals surface area (Å²) in [5.41, 5.74) is 1.11. The summed E-state index contributed by atoms with van der Waals surface area (Å²) in [6.45, 7) is 0. The van der Waals surface area contributed by atoms with Gasteiger partial charge in [-0.3, -0.25) is 4.79 Å². The molecule has 6 heteroatoms. The zero-order valence-electron chi connectivity index (χ0n) is 10.1. The van der Waals surface area contributed by atoms with Crippen LogP contribution in [0.5, 0.6) is 0 Å². The number of hydrogen-bond donors (Lipinski definition) is 2. The van der Waals surface area contributed by atoms with Crippen LogP contribution in [0.4, 0.5) is 5.69 Å². The molecule has 0 atom stereocenters. The number of nitrogens with one attached hydrogen (secondary N) is 1. The van der Waals surface area contributed by atoms with Gasteiger partial charge >= 0.3 is 5.97 Å². The summed E-state index contributed by atoms with van der Waals surface area (Å²) >= 11 is 5.80. The number of carboxylic acids is 1. The first-order valence-corrected chi connectivity index (χ1v) is 5.82. The third-order valence-corrected chi connectivity index (χ3v) is 2.80. The predicted molar refractivity (Wildman–Crippen MR) is 71.8 cm³/mol. The van der Waals surface area contributed by atoms with Gasteiger partial charge < -0.3 is 15.0 Å². The maximum Gasteiger partial charge on any atom is 0.335 e. The molecule has 0 aliphatic rings. The summed E-state index contributed by atoms with van der Waals surface area (Å²) in [4.78, 5) is 22.7. The summed E-state index contributed by atoms with van der Waals surface area (Å²) in [7, 11) is 1.72. The minimum Gasteiger partial charge on any atom is -0.478 e. The summed E-state index contributed by atoms with van der Waals surface area (Å²) in [6, 6.07) is 7.48. The number of carboxylic acid groups (broad SMARTS) is 1. The van der Waals surface area contributed by atoms with Crippen LogP contribution in [0.25, 0.3) is 0 Å². The van der Waals surface area contributed by atoms with E-state index in [4.69, 9.17) is 16.7 Å². The fraction of sp³-hybridized carbons (Fsp3) is 0.0769. The molecule has 0 saturated heterocycles. The van der Waals surface area contributed by atoms with Gasteiger partial charge in [0.25, 0.3) is 5.91 Å². The fourth-order valence-electron chi connectivity index (χ4n) is 1.64. The van der Waals surface area contributed by atoms with Crippen molar-refractivity contribution in [2.75, 3.05) is 5.32 Å². The zero-order valence-corrected chi connectivity index (χ0v) is 10.8. The van der Waals surface area contributed by atoms with E-state index in [0.29, 0.717) is 16.4 Å². The number of carbonyl (C=O) groups is 2. The van der Waals surface area contributed by atoms with E-state index in [2.05, 4.69) is 5.32 Å². The number of rotatable bonds is 3. The van der Waals surface area contributed by atoms with E-state index in [1.54, 1.807) is 23.9 Å². The molecule has 0 fully saturated rings. The average molecular weight is 279 g/mol. The highest BCUT2D eigenvalue weighted by Gasteiger charge is 2.11. The number of aromatic nitrogens is 1. The lowest BCUT2D eigenvalue weighted by Crippen LogP contribution is -2.15. The van der Waals surface area contributed by atoms with E-state index in [1.165, 1.54) is 24.3 Å². The van der Waals surface area contributed by atoms with E-state index in [1.807, 2.05) is 0 Å². The maximum absolute atomic E-state index is 12.0. The Labute approximate surface area is 114 Å². The SMILES string of the molecule is Cn1cc(Cl)cc1C(=O)Nc1ccc(C(=O)O)cc1. The maximum atomic E-state index is 12.0. The molecule has 1 heterocycles. The minimum absolute atomic E-state index is 0.167. The van der Waals surface area contributed by atoms with Gasteiger partial charge in [0.1, 0.15) is 5.69 Å². The average Bonchev–Trinajstić information content (AvgIpc) is 2.69. The number of amides is 1. The van der Waals surface area contributed by atoms with E-state index in [0.717, 1.165) is 0 Å². The fourth-order valence-corrected chi connectivity index (χ4v) is 1.89. The van der Waals surface area contributed by atoms with E-state index in [9.17, 15) is 9.59 Å². The minimum atomic E-state index is -1.01. The van der Waals surface area contributed by atoms with Crippen LogP contribution in [-0.2, 0) is 7.05 Å². The van der Waals surface area contributed by atoms with Crippen molar-refractivity contribution in [2.45, 2.75) is 0 Å². The second kappa shape index (κ2) is 5.16. The highest BCUT2D eigenvalue weighted by molar-refractivity contribution is 6.31. The molecule has 0 saturated carbocycles. The largest absolute Gasteiger partial charge is 0.478 e. The second-order valence-electron chi connectivity index (χ2n) is 3.99. The molecule has 1 amide bonds. The van der Waals surface area contributed by atoms with Gasteiger partial charge in [-0.05, 0) is 30.3 Å². The standard InChI is InChI=1S/C13H11ClN2O3/c1-16-7-9(14)6-11(16)12(17)15-10-4-2-8(3-5-10)13(18)19/h2-7H,1H3,(H,15,17)(H,18,19). The molecule has 5 nitrogen and oxygen atoms in total.